The fourth-order valence-corrected chi connectivity index (χ4v) is 1.56. The van der Waals surface area contributed by atoms with Gasteiger partial charge in [-0.3, -0.25) is 15.8 Å². The Hall–Kier alpha value is -0.970. The lowest BCUT2D eigenvalue weighted by atomic mass is 10.2. The Morgan fingerprint density at radius 1 is 1.36 bits per heavy atom. The van der Waals surface area contributed by atoms with Crippen molar-refractivity contribution >= 4 is 0 Å². The third-order valence-corrected chi connectivity index (χ3v) is 2.36. The SMILES string of the molecule is c1ccc(CCNC2CNNC2)nc1. The maximum absolute atomic E-state index is 4.27. The van der Waals surface area contributed by atoms with Crippen LogP contribution in [0.25, 0.3) is 0 Å². The fraction of sp³-hybridized carbons (Fsp3) is 0.500. The van der Waals surface area contributed by atoms with E-state index < -0.39 is 0 Å². The van der Waals surface area contributed by atoms with E-state index >= 15 is 0 Å². The molecule has 3 N–H and O–H groups in total. The van der Waals surface area contributed by atoms with Crippen molar-refractivity contribution in [1.82, 2.24) is 21.2 Å². The maximum atomic E-state index is 4.27. The van der Waals surface area contributed by atoms with Crippen LogP contribution in [0.3, 0.4) is 0 Å². The zero-order valence-corrected chi connectivity index (χ0v) is 8.16. The van der Waals surface area contributed by atoms with E-state index in [4.69, 9.17) is 0 Å². The molecule has 2 rings (SSSR count). The van der Waals surface area contributed by atoms with Crippen LogP contribution in [0.2, 0.25) is 0 Å². The van der Waals surface area contributed by atoms with Gasteiger partial charge in [0.2, 0.25) is 0 Å². The van der Waals surface area contributed by atoms with Gasteiger partial charge in [0.25, 0.3) is 0 Å². The Kier molecular flexibility index (Phi) is 3.45. The van der Waals surface area contributed by atoms with Crippen LogP contribution in [0.1, 0.15) is 5.69 Å². The lowest BCUT2D eigenvalue weighted by Crippen LogP contribution is -2.34. The van der Waals surface area contributed by atoms with Crippen molar-refractivity contribution in [2.75, 3.05) is 19.6 Å². The summed E-state index contributed by atoms with van der Waals surface area (Å²) in [5.74, 6) is 0. The van der Waals surface area contributed by atoms with Crippen LogP contribution in [-0.2, 0) is 6.42 Å². The van der Waals surface area contributed by atoms with E-state index in [0.717, 1.165) is 31.7 Å². The third kappa shape index (κ3) is 2.77. The molecule has 0 amide bonds. The number of nitrogens with one attached hydrogen (secondary N) is 3. The monoisotopic (exact) mass is 192 g/mol. The second-order valence-electron chi connectivity index (χ2n) is 3.48. The number of nitrogens with zero attached hydrogens (tertiary/aromatic N) is 1. The summed E-state index contributed by atoms with van der Waals surface area (Å²) in [7, 11) is 0. The van der Waals surface area contributed by atoms with Crippen molar-refractivity contribution in [2.24, 2.45) is 0 Å². The van der Waals surface area contributed by atoms with Crippen molar-refractivity contribution in [3.63, 3.8) is 0 Å². The average Bonchev–Trinajstić information content (AvgIpc) is 2.72. The lowest BCUT2D eigenvalue weighted by Gasteiger charge is -2.09. The molecular weight excluding hydrogens is 176 g/mol. The normalized spacial score (nSPS) is 17.4. The van der Waals surface area contributed by atoms with Crippen LogP contribution in [0.5, 0.6) is 0 Å². The molecule has 1 saturated heterocycles. The lowest BCUT2D eigenvalue weighted by molar-refractivity contribution is 0.566. The molecule has 1 aliphatic heterocycles. The van der Waals surface area contributed by atoms with Gasteiger partial charge >= 0.3 is 0 Å². The molecule has 4 heteroatoms. The van der Waals surface area contributed by atoms with Crippen molar-refractivity contribution in [3.05, 3.63) is 30.1 Å². The van der Waals surface area contributed by atoms with E-state index in [1.54, 1.807) is 0 Å². The smallest absolute Gasteiger partial charge is 0.0416 e. The molecule has 1 aliphatic rings. The van der Waals surface area contributed by atoms with Crippen molar-refractivity contribution in [1.29, 1.82) is 0 Å². The molecule has 0 unspecified atom stereocenters. The highest BCUT2D eigenvalue weighted by atomic mass is 15.4. The molecule has 0 radical (unpaired) electrons. The molecule has 2 heterocycles. The van der Waals surface area contributed by atoms with Gasteiger partial charge < -0.3 is 5.32 Å². The first-order chi connectivity index (χ1) is 6.95. The van der Waals surface area contributed by atoms with Crippen LogP contribution in [-0.4, -0.2) is 30.7 Å². The average molecular weight is 192 g/mol. The highest BCUT2D eigenvalue weighted by Gasteiger charge is 2.11. The molecular formula is C10H16N4. The molecule has 0 aliphatic carbocycles. The Labute approximate surface area is 84.1 Å². The second kappa shape index (κ2) is 5.05. The summed E-state index contributed by atoms with van der Waals surface area (Å²) in [5, 5.41) is 3.47. The van der Waals surface area contributed by atoms with Crippen LogP contribution in [0, 0.1) is 0 Å². The summed E-state index contributed by atoms with van der Waals surface area (Å²) in [6.45, 7) is 3.00. The third-order valence-electron chi connectivity index (χ3n) is 2.36. The molecule has 1 aromatic rings. The molecule has 1 fully saturated rings. The summed E-state index contributed by atoms with van der Waals surface area (Å²) >= 11 is 0. The molecule has 0 spiro atoms. The standard InChI is InChI=1S/C10H16N4/c1-2-5-11-9(3-1)4-6-12-10-7-13-14-8-10/h1-3,5,10,12-14H,4,6-8H2. The summed E-state index contributed by atoms with van der Waals surface area (Å²) < 4.78 is 0. The Bertz CT molecular complexity index is 256. The number of pyridine rings is 1. The van der Waals surface area contributed by atoms with Gasteiger partial charge in [-0.05, 0) is 12.1 Å². The first kappa shape index (κ1) is 9.58. The van der Waals surface area contributed by atoms with Gasteiger partial charge in [0.1, 0.15) is 0 Å². The van der Waals surface area contributed by atoms with Gasteiger partial charge in [-0.2, -0.15) is 0 Å². The number of hydrogen-bond acceptors (Lipinski definition) is 4. The summed E-state index contributed by atoms with van der Waals surface area (Å²) in [5.41, 5.74) is 7.34. The molecule has 0 aromatic carbocycles. The number of rotatable bonds is 4. The van der Waals surface area contributed by atoms with Gasteiger partial charge in [0.15, 0.2) is 0 Å². The Morgan fingerprint density at radius 2 is 2.21 bits per heavy atom. The fourth-order valence-electron chi connectivity index (χ4n) is 1.56. The highest BCUT2D eigenvalue weighted by Crippen LogP contribution is 1.94. The molecule has 1 aromatic heterocycles. The molecule has 76 valence electrons. The molecule has 14 heavy (non-hydrogen) atoms. The van der Waals surface area contributed by atoms with Crippen LogP contribution >= 0.6 is 0 Å². The maximum Gasteiger partial charge on any atom is 0.0416 e. The second-order valence-corrected chi connectivity index (χ2v) is 3.48. The molecule has 4 nitrogen and oxygen atoms in total. The topological polar surface area (TPSA) is 49.0 Å². The van der Waals surface area contributed by atoms with Crippen molar-refractivity contribution < 1.29 is 0 Å². The van der Waals surface area contributed by atoms with Gasteiger partial charge in [0, 0.05) is 44.0 Å². The minimum absolute atomic E-state index is 0.554. The van der Waals surface area contributed by atoms with Crippen LogP contribution in [0.4, 0.5) is 0 Å². The minimum atomic E-state index is 0.554. The molecule has 0 atom stereocenters. The molecule has 0 bridgehead atoms. The van der Waals surface area contributed by atoms with Gasteiger partial charge in [-0.15, -0.1) is 0 Å². The van der Waals surface area contributed by atoms with E-state index in [1.807, 2.05) is 18.3 Å². The zero-order chi connectivity index (χ0) is 9.64. The van der Waals surface area contributed by atoms with Crippen molar-refractivity contribution in [3.8, 4) is 0 Å². The first-order valence-corrected chi connectivity index (χ1v) is 5.04. The minimum Gasteiger partial charge on any atom is -0.311 e. The summed E-state index contributed by atoms with van der Waals surface area (Å²) in [4.78, 5) is 4.27. The number of hydrogen-bond donors (Lipinski definition) is 3. The van der Waals surface area contributed by atoms with Gasteiger partial charge in [-0.25, -0.2) is 0 Å². The van der Waals surface area contributed by atoms with E-state index in [2.05, 4.69) is 27.2 Å². The first-order valence-electron chi connectivity index (χ1n) is 5.04. The summed E-state index contributed by atoms with van der Waals surface area (Å²) in [6, 6.07) is 6.59. The zero-order valence-electron chi connectivity index (χ0n) is 8.16. The van der Waals surface area contributed by atoms with Crippen LogP contribution in [0.15, 0.2) is 24.4 Å². The molecule has 0 saturated carbocycles. The van der Waals surface area contributed by atoms with E-state index in [1.165, 1.54) is 0 Å². The Balaban J connectivity index is 1.67. The largest absolute Gasteiger partial charge is 0.311 e. The van der Waals surface area contributed by atoms with Crippen LogP contribution < -0.4 is 16.2 Å². The number of hydrazine groups is 1. The van der Waals surface area contributed by atoms with Crippen molar-refractivity contribution in [2.45, 2.75) is 12.5 Å². The van der Waals surface area contributed by atoms with E-state index in [-0.39, 0.29) is 0 Å². The Morgan fingerprint density at radius 3 is 2.93 bits per heavy atom. The summed E-state index contributed by atoms with van der Waals surface area (Å²) in [6.07, 6.45) is 2.84. The predicted molar refractivity (Wildman–Crippen MR) is 55.7 cm³/mol. The number of aromatic nitrogens is 1. The van der Waals surface area contributed by atoms with E-state index in [0.29, 0.717) is 6.04 Å². The van der Waals surface area contributed by atoms with Gasteiger partial charge in [-0.1, -0.05) is 6.07 Å². The quantitative estimate of drug-likeness (QED) is 0.612. The highest BCUT2D eigenvalue weighted by molar-refractivity contribution is 5.03. The van der Waals surface area contributed by atoms with E-state index in [9.17, 15) is 0 Å². The predicted octanol–water partition coefficient (Wildman–Crippen LogP) is -0.310. The van der Waals surface area contributed by atoms with Gasteiger partial charge in [0.05, 0.1) is 0 Å².